The Labute approximate surface area is 170 Å². The molecule has 0 unspecified atom stereocenters. The first-order valence-electron chi connectivity index (χ1n) is 9.63. The number of rotatable bonds is 6. The molecule has 2 heterocycles. The van der Waals surface area contributed by atoms with Gasteiger partial charge in [-0.3, -0.25) is 4.79 Å². The van der Waals surface area contributed by atoms with Gasteiger partial charge in [-0.15, -0.1) is 0 Å². The third-order valence-corrected chi connectivity index (χ3v) is 5.28. The van der Waals surface area contributed by atoms with Crippen LogP contribution in [0.2, 0.25) is 0 Å². The highest BCUT2D eigenvalue weighted by atomic mass is 16.5. The van der Waals surface area contributed by atoms with Gasteiger partial charge >= 0.3 is 0 Å². The molecule has 29 heavy (non-hydrogen) atoms. The van der Waals surface area contributed by atoms with Crippen molar-refractivity contribution in [3.05, 3.63) is 60.4 Å². The lowest BCUT2D eigenvalue weighted by molar-refractivity contribution is -0.117. The lowest BCUT2D eigenvalue weighted by Crippen LogP contribution is -2.25. The number of allylic oxidation sites excluding steroid dienone is 1. The molecule has 150 valence electrons. The number of carbonyl (C=O) groups is 1. The molecule has 2 aromatic carbocycles. The summed E-state index contributed by atoms with van der Waals surface area (Å²) in [5.41, 5.74) is 3.77. The van der Waals surface area contributed by atoms with Crippen molar-refractivity contribution >= 4 is 22.6 Å². The maximum Gasteiger partial charge on any atom is 0.227 e. The maximum absolute atomic E-state index is 12.9. The van der Waals surface area contributed by atoms with Crippen LogP contribution in [0.1, 0.15) is 25.1 Å². The zero-order valence-corrected chi connectivity index (χ0v) is 17.0. The summed E-state index contributed by atoms with van der Waals surface area (Å²) >= 11 is 0. The van der Waals surface area contributed by atoms with Crippen LogP contribution in [-0.4, -0.2) is 36.2 Å². The largest absolute Gasteiger partial charge is 0.497 e. The van der Waals surface area contributed by atoms with Crippen LogP contribution in [0.5, 0.6) is 11.5 Å². The third-order valence-electron chi connectivity index (χ3n) is 5.28. The Kier molecular flexibility index (Phi) is 5.01. The molecule has 1 aromatic heterocycles. The van der Waals surface area contributed by atoms with E-state index < -0.39 is 0 Å². The number of hydrogen-bond donors (Lipinski definition) is 0. The number of methoxy groups -OCH3 is 2. The van der Waals surface area contributed by atoms with Gasteiger partial charge in [0.05, 0.1) is 30.9 Å². The van der Waals surface area contributed by atoms with Gasteiger partial charge in [0.2, 0.25) is 5.91 Å². The predicted octanol–water partition coefficient (Wildman–Crippen LogP) is 4.15. The number of carbonyl (C=O) groups excluding carboxylic acids is 1. The Bertz CT molecular complexity index is 1090. The number of imidazole rings is 1. The van der Waals surface area contributed by atoms with Gasteiger partial charge in [0, 0.05) is 31.5 Å². The second-order valence-corrected chi connectivity index (χ2v) is 7.45. The molecular formula is C23H25N3O3. The molecule has 1 atom stereocenters. The first kappa shape index (κ1) is 19.1. The molecule has 0 aliphatic carbocycles. The first-order chi connectivity index (χ1) is 14.0. The summed E-state index contributed by atoms with van der Waals surface area (Å²) in [6.45, 7) is 7.30. The second kappa shape index (κ2) is 7.62. The minimum atomic E-state index is -0.00911. The molecule has 0 radical (unpaired) electrons. The van der Waals surface area contributed by atoms with Crippen LogP contribution in [0, 0.1) is 0 Å². The fraction of sp³-hybridized carbons (Fsp3) is 0.304. The van der Waals surface area contributed by atoms with Gasteiger partial charge < -0.3 is 18.9 Å². The molecule has 6 nitrogen and oxygen atoms in total. The molecular weight excluding hydrogens is 366 g/mol. The number of fused-ring (bicyclic) bond motifs is 1. The quantitative estimate of drug-likeness (QED) is 0.593. The van der Waals surface area contributed by atoms with Crippen molar-refractivity contribution in [1.29, 1.82) is 0 Å². The zero-order valence-electron chi connectivity index (χ0n) is 17.0. The summed E-state index contributed by atoms with van der Waals surface area (Å²) in [5, 5.41) is 0. The molecule has 0 saturated carbocycles. The van der Waals surface area contributed by atoms with Gasteiger partial charge in [0.25, 0.3) is 0 Å². The maximum atomic E-state index is 12.9. The molecule has 6 heteroatoms. The van der Waals surface area contributed by atoms with Crippen LogP contribution in [0.3, 0.4) is 0 Å². The van der Waals surface area contributed by atoms with E-state index in [1.54, 1.807) is 19.1 Å². The highest BCUT2D eigenvalue weighted by Crippen LogP contribution is 2.39. The number of ether oxygens (including phenoxy) is 2. The lowest BCUT2D eigenvalue weighted by Gasteiger charge is -2.20. The van der Waals surface area contributed by atoms with E-state index in [1.165, 1.54) is 0 Å². The van der Waals surface area contributed by atoms with E-state index in [9.17, 15) is 4.79 Å². The number of anilines is 1. The average molecular weight is 391 g/mol. The number of nitrogens with zero attached hydrogens (tertiary/aromatic N) is 3. The summed E-state index contributed by atoms with van der Waals surface area (Å²) in [4.78, 5) is 19.6. The minimum absolute atomic E-state index is 0.00911. The van der Waals surface area contributed by atoms with Crippen LogP contribution < -0.4 is 14.4 Å². The molecule has 0 spiro atoms. The van der Waals surface area contributed by atoms with Crippen LogP contribution in [0.25, 0.3) is 11.0 Å². The highest BCUT2D eigenvalue weighted by Gasteiger charge is 2.36. The predicted molar refractivity (Wildman–Crippen MR) is 114 cm³/mol. The van der Waals surface area contributed by atoms with E-state index in [4.69, 9.17) is 14.5 Å². The van der Waals surface area contributed by atoms with Crippen molar-refractivity contribution in [2.24, 2.45) is 0 Å². The molecule has 1 aliphatic rings. The van der Waals surface area contributed by atoms with Crippen molar-refractivity contribution in [3.8, 4) is 11.5 Å². The number of amides is 1. The van der Waals surface area contributed by atoms with Crippen LogP contribution in [0.15, 0.2) is 54.6 Å². The van der Waals surface area contributed by atoms with Gasteiger partial charge in [-0.25, -0.2) is 4.98 Å². The van der Waals surface area contributed by atoms with E-state index >= 15 is 0 Å². The first-order valence-corrected chi connectivity index (χ1v) is 9.63. The Hall–Kier alpha value is -3.28. The van der Waals surface area contributed by atoms with E-state index in [0.717, 1.165) is 28.1 Å². The summed E-state index contributed by atoms with van der Waals surface area (Å²) in [7, 11) is 3.22. The van der Waals surface area contributed by atoms with Gasteiger partial charge in [0.15, 0.2) is 0 Å². The monoisotopic (exact) mass is 391 g/mol. The molecule has 4 rings (SSSR count). The Morgan fingerprint density at radius 2 is 2.00 bits per heavy atom. The highest BCUT2D eigenvalue weighted by molar-refractivity contribution is 5.98. The zero-order chi connectivity index (χ0) is 20.5. The Balaban J connectivity index is 1.73. The van der Waals surface area contributed by atoms with Crippen LogP contribution >= 0.6 is 0 Å². The van der Waals surface area contributed by atoms with Gasteiger partial charge in [-0.05, 0) is 31.2 Å². The number of aromatic nitrogens is 2. The average Bonchev–Trinajstić information content (AvgIpc) is 3.28. The number of benzene rings is 2. The fourth-order valence-corrected chi connectivity index (χ4v) is 3.96. The van der Waals surface area contributed by atoms with Crippen molar-refractivity contribution in [1.82, 2.24) is 9.55 Å². The summed E-state index contributed by atoms with van der Waals surface area (Å²) < 4.78 is 13.0. The molecule has 0 N–H and O–H groups in total. The molecule has 1 saturated heterocycles. The van der Waals surface area contributed by atoms with Gasteiger partial charge in [0.1, 0.15) is 17.3 Å². The molecule has 3 aromatic rings. The fourth-order valence-electron chi connectivity index (χ4n) is 3.96. The number of para-hydroxylation sites is 2. The van der Waals surface area contributed by atoms with Crippen molar-refractivity contribution in [2.75, 3.05) is 25.7 Å². The molecule has 1 fully saturated rings. The lowest BCUT2D eigenvalue weighted by atomic mass is 10.1. The molecule has 1 amide bonds. The Morgan fingerprint density at radius 1 is 1.21 bits per heavy atom. The smallest absolute Gasteiger partial charge is 0.227 e. The molecule has 0 bridgehead atoms. The van der Waals surface area contributed by atoms with Crippen LogP contribution in [-0.2, 0) is 11.3 Å². The van der Waals surface area contributed by atoms with E-state index in [1.807, 2.05) is 43.3 Å². The summed E-state index contributed by atoms with van der Waals surface area (Å²) in [6, 6.07) is 13.6. The SMILES string of the molecule is C=C(C)Cn1c([C@@H]2CC(=O)N(c3cc(OC)ccc3OC)C2)nc2ccccc21. The summed E-state index contributed by atoms with van der Waals surface area (Å²) in [6.07, 6.45) is 0.403. The van der Waals surface area contributed by atoms with Crippen LogP contribution in [0.4, 0.5) is 5.69 Å². The van der Waals surface area contributed by atoms with Gasteiger partial charge in [-0.1, -0.05) is 24.3 Å². The topological polar surface area (TPSA) is 56.6 Å². The molecule has 1 aliphatic heterocycles. The third kappa shape index (κ3) is 3.46. The van der Waals surface area contributed by atoms with E-state index in [2.05, 4.69) is 17.2 Å². The van der Waals surface area contributed by atoms with E-state index in [0.29, 0.717) is 31.0 Å². The Morgan fingerprint density at radius 3 is 2.72 bits per heavy atom. The van der Waals surface area contributed by atoms with E-state index in [-0.39, 0.29) is 11.8 Å². The second-order valence-electron chi connectivity index (χ2n) is 7.45. The standard InChI is InChI=1S/C23H25N3O3/c1-15(2)13-26-19-8-6-5-7-18(19)24-23(26)16-11-22(27)25(14-16)20-12-17(28-3)9-10-21(20)29-4/h5-10,12,16H,1,11,13-14H2,2-4H3/t16-/m1/s1. The minimum Gasteiger partial charge on any atom is -0.497 e. The van der Waals surface area contributed by atoms with Crippen molar-refractivity contribution < 1.29 is 14.3 Å². The van der Waals surface area contributed by atoms with Crippen molar-refractivity contribution in [3.63, 3.8) is 0 Å². The number of hydrogen-bond acceptors (Lipinski definition) is 4. The van der Waals surface area contributed by atoms with Crippen molar-refractivity contribution in [2.45, 2.75) is 25.8 Å². The van der Waals surface area contributed by atoms with Gasteiger partial charge in [-0.2, -0.15) is 0 Å². The normalized spacial score (nSPS) is 16.4. The summed E-state index contributed by atoms with van der Waals surface area (Å²) in [5.74, 6) is 2.30.